The predicted octanol–water partition coefficient (Wildman–Crippen LogP) is 3.18. The first-order valence-electron chi connectivity index (χ1n) is 6.45. The molecule has 3 nitrogen and oxygen atoms in total. The lowest BCUT2D eigenvalue weighted by Gasteiger charge is -2.15. The Balaban J connectivity index is 1.88. The third kappa shape index (κ3) is 4.04. The minimum atomic E-state index is 0.389. The summed E-state index contributed by atoms with van der Waals surface area (Å²) in [6, 6.07) is 8.56. The van der Waals surface area contributed by atoms with Gasteiger partial charge >= 0.3 is 0 Å². The second kappa shape index (κ2) is 6.68. The predicted molar refractivity (Wildman–Crippen MR) is 79.9 cm³/mol. The van der Waals surface area contributed by atoms with Gasteiger partial charge in [-0.2, -0.15) is 0 Å². The molecule has 2 aromatic rings. The number of ether oxygens (including phenoxy) is 1. The number of thiazole rings is 1. The van der Waals surface area contributed by atoms with Crippen molar-refractivity contribution in [3.05, 3.63) is 45.9 Å². The zero-order valence-corrected chi connectivity index (χ0v) is 12.5. The van der Waals surface area contributed by atoms with Crippen LogP contribution in [-0.2, 0) is 13.0 Å². The van der Waals surface area contributed by atoms with E-state index < -0.39 is 0 Å². The molecule has 0 radical (unpaired) electrons. The molecule has 0 spiro atoms. The molecule has 0 aliphatic heterocycles. The Morgan fingerprint density at radius 1 is 1.37 bits per heavy atom. The first kappa shape index (κ1) is 14.0. The molecule has 19 heavy (non-hydrogen) atoms. The molecular formula is C15H20N2OS. The summed E-state index contributed by atoms with van der Waals surface area (Å²) in [5.74, 6) is 0.959. The molecule has 1 atom stereocenters. The summed E-state index contributed by atoms with van der Waals surface area (Å²) in [4.78, 5) is 5.62. The van der Waals surface area contributed by atoms with Crippen molar-refractivity contribution in [1.29, 1.82) is 0 Å². The maximum absolute atomic E-state index is 5.37. The topological polar surface area (TPSA) is 34.1 Å². The summed E-state index contributed by atoms with van der Waals surface area (Å²) in [7, 11) is 1.72. The van der Waals surface area contributed by atoms with Crippen LogP contribution in [-0.4, -0.2) is 18.1 Å². The van der Waals surface area contributed by atoms with Crippen LogP contribution >= 0.6 is 11.3 Å². The van der Waals surface area contributed by atoms with E-state index in [1.54, 1.807) is 18.4 Å². The molecule has 0 bridgehead atoms. The average molecular weight is 276 g/mol. The maximum atomic E-state index is 5.37. The Morgan fingerprint density at radius 3 is 2.84 bits per heavy atom. The minimum Gasteiger partial charge on any atom is -0.496 e. The van der Waals surface area contributed by atoms with E-state index in [4.69, 9.17) is 4.74 Å². The van der Waals surface area contributed by atoms with Crippen LogP contribution in [0.3, 0.4) is 0 Å². The van der Waals surface area contributed by atoms with Crippen molar-refractivity contribution in [1.82, 2.24) is 10.3 Å². The van der Waals surface area contributed by atoms with Crippen molar-refractivity contribution in [2.24, 2.45) is 0 Å². The summed E-state index contributed by atoms with van der Waals surface area (Å²) in [6.45, 7) is 5.10. The van der Waals surface area contributed by atoms with Crippen molar-refractivity contribution in [3.8, 4) is 5.75 Å². The molecule has 1 unspecified atom stereocenters. The van der Waals surface area contributed by atoms with Gasteiger partial charge in [0.1, 0.15) is 10.8 Å². The van der Waals surface area contributed by atoms with E-state index >= 15 is 0 Å². The van der Waals surface area contributed by atoms with Gasteiger partial charge in [0.25, 0.3) is 0 Å². The van der Waals surface area contributed by atoms with Crippen molar-refractivity contribution in [2.75, 3.05) is 7.11 Å². The Bertz CT molecular complexity index is 524. The van der Waals surface area contributed by atoms with E-state index in [-0.39, 0.29) is 0 Å². The van der Waals surface area contributed by atoms with E-state index in [9.17, 15) is 0 Å². The Morgan fingerprint density at radius 2 is 2.16 bits per heavy atom. The lowest BCUT2D eigenvalue weighted by molar-refractivity contribution is 0.406. The van der Waals surface area contributed by atoms with E-state index in [0.717, 1.165) is 23.7 Å². The van der Waals surface area contributed by atoms with Gasteiger partial charge in [0.2, 0.25) is 0 Å². The molecule has 1 heterocycles. The molecule has 0 aliphatic carbocycles. The molecular weight excluding hydrogens is 256 g/mol. The summed E-state index contributed by atoms with van der Waals surface area (Å²) in [6.07, 6.45) is 2.88. The monoisotopic (exact) mass is 276 g/mol. The van der Waals surface area contributed by atoms with Crippen LogP contribution in [0.15, 0.2) is 30.5 Å². The number of hydrogen-bond donors (Lipinski definition) is 1. The molecule has 0 fully saturated rings. The third-order valence-electron chi connectivity index (χ3n) is 2.99. The normalized spacial score (nSPS) is 12.4. The average Bonchev–Trinajstić information content (AvgIpc) is 2.83. The zero-order chi connectivity index (χ0) is 13.7. The van der Waals surface area contributed by atoms with Crippen molar-refractivity contribution in [3.63, 3.8) is 0 Å². The molecule has 4 heteroatoms. The van der Waals surface area contributed by atoms with Gasteiger partial charge in [-0.3, -0.25) is 0 Å². The van der Waals surface area contributed by atoms with Gasteiger partial charge in [-0.15, -0.1) is 11.3 Å². The second-order valence-electron chi connectivity index (χ2n) is 4.66. The lowest BCUT2D eigenvalue weighted by atomic mass is 10.1. The number of benzene rings is 1. The second-order valence-corrected chi connectivity index (χ2v) is 5.98. The fraction of sp³-hybridized carbons (Fsp3) is 0.400. The fourth-order valence-electron chi connectivity index (χ4n) is 2.02. The molecule has 2 rings (SSSR count). The molecule has 0 saturated carbocycles. The lowest BCUT2D eigenvalue weighted by Crippen LogP contribution is -2.27. The van der Waals surface area contributed by atoms with Crippen LogP contribution in [0.5, 0.6) is 5.75 Å². The van der Waals surface area contributed by atoms with Gasteiger partial charge in [0.05, 0.1) is 7.11 Å². The number of methoxy groups -OCH3 is 1. The first-order chi connectivity index (χ1) is 9.19. The summed E-state index contributed by atoms with van der Waals surface area (Å²) < 4.78 is 5.37. The first-order valence-corrected chi connectivity index (χ1v) is 7.27. The van der Waals surface area contributed by atoms with Crippen LogP contribution in [0.2, 0.25) is 0 Å². The van der Waals surface area contributed by atoms with E-state index in [1.165, 1.54) is 10.4 Å². The number of aromatic nitrogens is 1. The Labute approximate surface area is 118 Å². The summed E-state index contributed by atoms with van der Waals surface area (Å²) in [5.41, 5.74) is 1.24. The Kier molecular flexibility index (Phi) is 4.93. The number of rotatable bonds is 6. The van der Waals surface area contributed by atoms with Crippen molar-refractivity contribution < 1.29 is 4.74 Å². The zero-order valence-electron chi connectivity index (χ0n) is 11.6. The Hall–Kier alpha value is -1.39. The van der Waals surface area contributed by atoms with E-state index in [2.05, 4.69) is 36.3 Å². The van der Waals surface area contributed by atoms with Crippen LogP contribution < -0.4 is 10.1 Å². The number of hydrogen-bond acceptors (Lipinski definition) is 4. The number of nitrogens with one attached hydrogen (secondary N) is 1. The van der Waals surface area contributed by atoms with Gasteiger partial charge in [0, 0.05) is 23.7 Å². The van der Waals surface area contributed by atoms with Crippen molar-refractivity contribution >= 4 is 11.3 Å². The molecule has 0 amide bonds. The summed E-state index contributed by atoms with van der Waals surface area (Å²) >= 11 is 1.75. The van der Waals surface area contributed by atoms with Crippen LogP contribution in [0.1, 0.15) is 22.4 Å². The van der Waals surface area contributed by atoms with Gasteiger partial charge in [-0.25, -0.2) is 4.98 Å². The van der Waals surface area contributed by atoms with Crippen LogP contribution in [0.4, 0.5) is 0 Å². The van der Waals surface area contributed by atoms with Gasteiger partial charge in [-0.1, -0.05) is 18.2 Å². The maximum Gasteiger partial charge on any atom is 0.122 e. The highest BCUT2D eigenvalue weighted by atomic mass is 32.1. The molecule has 0 aliphatic rings. The van der Waals surface area contributed by atoms with E-state index in [0.29, 0.717) is 6.04 Å². The number of para-hydroxylation sites is 1. The largest absolute Gasteiger partial charge is 0.496 e. The highest BCUT2D eigenvalue weighted by Gasteiger charge is 2.08. The molecule has 1 N–H and O–H groups in total. The van der Waals surface area contributed by atoms with Gasteiger partial charge in [0.15, 0.2) is 0 Å². The van der Waals surface area contributed by atoms with Crippen LogP contribution in [0, 0.1) is 6.92 Å². The number of aryl methyl sites for hydroxylation is 1. The van der Waals surface area contributed by atoms with Gasteiger partial charge in [-0.05, 0) is 31.9 Å². The summed E-state index contributed by atoms with van der Waals surface area (Å²) in [5, 5.41) is 4.65. The third-order valence-corrected chi connectivity index (χ3v) is 3.90. The minimum absolute atomic E-state index is 0.389. The molecule has 102 valence electrons. The fourth-order valence-corrected chi connectivity index (χ4v) is 2.76. The SMILES string of the molecule is COc1ccccc1CC(C)NCc1ncc(C)s1. The highest BCUT2D eigenvalue weighted by molar-refractivity contribution is 7.11. The molecule has 1 aromatic heterocycles. The standard InChI is InChI=1S/C15H20N2OS/c1-11(16-10-15-17-9-12(2)19-15)8-13-6-4-5-7-14(13)18-3/h4-7,9,11,16H,8,10H2,1-3H3. The highest BCUT2D eigenvalue weighted by Crippen LogP contribution is 2.19. The molecule has 0 saturated heterocycles. The van der Waals surface area contributed by atoms with Crippen LogP contribution in [0.25, 0.3) is 0 Å². The quantitative estimate of drug-likeness (QED) is 0.880. The van der Waals surface area contributed by atoms with Crippen molar-refractivity contribution in [2.45, 2.75) is 32.9 Å². The number of nitrogens with zero attached hydrogens (tertiary/aromatic N) is 1. The smallest absolute Gasteiger partial charge is 0.122 e. The van der Waals surface area contributed by atoms with E-state index in [1.807, 2.05) is 18.3 Å². The van der Waals surface area contributed by atoms with Gasteiger partial charge < -0.3 is 10.1 Å². The molecule has 1 aromatic carbocycles.